The Kier molecular flexibility index (Phi) is 46.5. The predicted molar refractivity (Wildman–Crippen MR) is 465 cm³/mol. The highest BCUT2D eigenvalue weighted by atomic mass is 16.4. The van der Waals surface area contributed by atoms with Crippen LogP contribution in [0.15, 0.2) is 72.8 Å². The van der Waals surface area contributed by atoms with Gasteiger partial charge in [-0.05, 0) is 124 Å². The molecule has 0 fully saturated rings. The summed E-state index contributed by atoms with van der Waals surface area (Å²) in [5.41, 5.74) is 17.4. The van der Waals surface area contributed by atoms with Crippen molar-refractivity contribution < 1.29 is 136 Å². The smallest absolute Gasteiger partial charge is 0.326 e. The van der Waals surface area contributed by atoms with Gasteiger partial charge in [0.05, 0.1) is 38.4 Å². The number of hydrogen-bond donors (Lipinski definition) is 28. The van der Waals surface area contributed by atoms with Gasteiger partial charge >= 0.3 is 23.9 Å². The highest BCUT2D eigenvalue weighted by molar-refractivity contribution is 6.02. The van der Waals surface area contributed by atoms with Crippen molar-refractivity contribution in [2.45, 2.75) is 237 Å². The molecule has 0 aliphatic carbocycles. The van der Waals surface area contributed by atoms with Gasteiger partial charge in [0.1, 0.15) is 102 Å². The maximum Gasteiger partial charge on any atom is 0.326 e. The fourth-order valence-electron chi connectivity index (χ4n) is 12.4. The first-order valence-corrected chi connectivity index (χ1v) is 41.9. The van der Waals surface area contributed by atoms with Crippen LogP contribution in [0.3, 0.4) is 0 Å². The Balaban J connectivity index is 1.84. The van der Waals surface area contributed by atoms with Crippen molar-refractivity contribution in [3.63, 3.8) is 0 Å². The molecule has 0 aromatic heterocycles. The normalized spacial score (nSPS) is 14.6. The molecule has 17 amide bonds. The van der Waals surface area contributed by atoms with Crippen LogP contribution in [0.25, 0.3) is 0 Å². The van der Waals surface area contributed by atoms with Crippen LogP contribution < -0.4 is 108 Å². The summed E-state index contributed by atoms with van der Waals surface area (Å²) in [6, 6.07) is -8.97. The quantitative estimate of drug-likeness (QED) is 0.0142. The monoisotopic (exact) mass is 1860 g/mol. The lowest BCUT2D eigenvalue weighted by molar-refractivity contribution is -0.145. The third-order valence-corrected chi connectivity index (χ3v) is 20.0. The van der Waals surface area contributed by atoms with Crippen LogP contribution in [0.1, 0.15) is 144 Å². The minimum Gasteiger partial charge on any atom is -0.508 e. The minimum atomic E-state index is -2.08. The van der Waals surface area contributed by atoms with E-state index in [9.17, 15) is 131 Å². The molecule has 3 aromatic rings. The van der Waals surface area contributed by atoms with E-state index in [1.165, 1.54) is 107 Å². The van der Waals surface area contributed by atoms with E-state index in [0.717, 1.165) is 6.92 Å². The number of nitrogens with one attached hydrogen (secondary N) is 18. The minimum absolute atomic E-state index is 0.0609. The summed E-state index contributed by atoms with van der Waals surface area (Å²) in [6.07, 6.45) is -5.14. The Hall–Kier alpha value is -14.8. The van der Waals surface area contributed by atoms with Crippen molar-refractivity contribution >= 4 is 130 Å². The number of carboxylic acids is 4. The molecule has 31 N–H and O–H groups in total. The molecule has 3 aromatic carbocycles. The zero-order chi connectivity index (χ0) is 99.7. The number of rotatable bonds is 57. The van der Waals surface area contributed by atoms with Crippen LogP contribution in [0.2, 0.25) is 0 Å². The number of aliphatic carboxylic acids is 4. The standard InChI is InChI=1S/C83H121N21O28/c1-11-40(6)67(104-74(123)52(13-12-28-88-83(86)87)96-72(121)51(84)26-27-63(111)112)81(130)94-44(10)70(119)93-43(9)69(118)92-41(7)68(117)89-36-61(109)91-42(8)71(120)97-58(34-64(113)114)79(128)100-55(31-46-16-22-49(106)23-17-46)77(126)98-54(30-45-14-20-48(105)21-15-45)76(125)99-56(32-47-18-24-50(107)25-19-47)78(127)101-57(33-60(85)108)73(122)90-37-62(110)95-53(29-38(2)3)75(124)102-59(35-65(115)116)80(129)103-66(39(4)5)82(131)132/h14-25,38-44,51-59,66-67,105-107H,11-13,26-37,84H2,1-10H3,(H2,85,108)(H,89,117)(H,90,122)(H,91,109)(H,92,118)(H,93,119)(H,94,130)(H,95,110)(H,96,121)(H,97,120)(H,98,126)(H,99,125)(H,100,128)(H,101,127)(H,102,124)(H,103,129)(H,104,123)(H,111,112)(H,113,114)(H,115,116)(H,131,132)(H4,86,87,88)/t40-,41-,42-,43-,44-,51-,52-,53-,54-,55-,56-,57-,58-,59-,66-,67-/m0/s1. The second-order valence-corrected chi connectivity index (χ2v) is 32.0. The molecule has 0 spiro atoms. The number of phenolic OH excluding ortho intramolecular Hbond substituents is 3. The third-order valence-electron chi connectivity index (χ3n) is 20.0. The molecule has 726 valence electrons. The van der Waals surface area contributed by atoms with E-state index in [1.807, 2.05) is 0 Å². The number of carbonyl (C=O) groups is 21. The molecule has 132 heavy (non-hydrogen) atoms. The molecule has 0 aliphatic heterocycles. The van der Waals surface area contributed by atoms with Gasteiger partial charge in [0.15, 0.2) is 5.96 Å². The predicted octanol–water partition coefficient (Wildman–Crippen LogP) is -6.96. The molecule has 0 saturated carbocycles. The van der Waals surface area contributed by atoms with E-state index < -0.39 is 285 Å². The van der Waals surface area contributed by atoms with Gasteiger partial charge in [-0.3, -0.25) is 101 Å². The summed E-state index contributed by atoms with van der Waals surface area (Å²) < 4.78 is 0. The highest BCUT2D eigenvalue weighted by Crippen LogP contribution is 2.19. The van der Waals surface area contributed by atoms with Crippen molar-refractivity contribution in [3.05, 3.63) is 89.5 Å². The number of phenols is 3. The van der Waals surface area contributed by atoms with Gasteiger partial charge in [0.2, 0.25) is 100 Å². The van der Waals surface area contributed by atoms with E-state index >= 15 is 0 Å². The third kappa shape index (κ3) is 41.1. The Morgan fingerprint density at radius 3 is 1.08 bits per heavy atom. The second-order valence-electron chi connectivity index (χ2n) is 32.0. The summed E-state index contributed by atoms with van der Waals surface area (Å²) >= 11 is 0. The van der Waals surface area contributed by atoms with Gasteiger partial charge < -0.3 is 143 Å². The summed E-state index contributed by atoms with van der Waals surface area (Å²) in [5, 5.41) is 116. The van der Waals surface area contributed by atoms with Gasteiger partial charge in [-0.2, -0.15) is 0 Å². The summed E-state index contributed by atoms with van der Waals surface area (Å²) in [4.78, 5) is 281. The average molecular weight is 1860 g/mol. The highest BCUT2D eigenvalue weighted by Gasteiger charge is 2.39. The fourth-order valence-corrected chi connectivity index (χ4v) is 12.4. The fraction of sp³-hybridized carbons (Fsp3) is 0.518. The number of aromatic hydroxyl groups is 3. The number of guanidine groups is 1. The molecule has 49 heteroatoms. The molecule has 0 bridgehead atoms. The Morgan fingerprint density at radius 1 is 0.348 bits per heavy atom. The maximum atomic E-state index is 15.0. The van der Waals surface area contributed by atoms with Crippen LogP contribution in [-0.2, 0) is 120 Å². The van der Waals surface area contributed by atoms with Gasteiger partial charge in [0, 0.05) is 32.2 Å². The van der Waals surface area contributed by atoms with Crippen LogP contribution in [0.4, 0.5) is 0 Å². The van der Waals surface area contributed by atoms with Gasteiger partial charge in [-0.15, -0.1) is 0 Å². The summed E-state index contributed by atoms with van der Waals surface area (Å²) in [6.45, 7) is 12.5. The second kappa shape index (κ2) is 55.1. The lowest BCUT2D eigenvalue weighted by atomic mass is 9.97. The first-order valence-electron chi connectivity index (χ1n) is 41.9. The van der Waals surface area contributed by atoms with Crippen molar-refractivity contribution in [1.82, 2.24) is 90.4 Å². The molecule has 3 rings (SSSR count). The Labute approximate surface area is 757 Å². The largest absolute Gasteiger partial charge is 0.508 e. The molecular weight excluding hydrogens is 1740 g/mol. The molecular formula is C83H121N21O28. The number of amides is 17. The van der Waals surface area contributed by atoms with Crippen molar-refractivity contribution in [2.75, 3.05) is 19.6 Å². The summed E-state index contributed by atoms with van der Waals surface area (Å²) in [7, 11) is 0. The van der Waals surface area contributed by atoms with E-state index in [-0.39, 0.29) is 78.0 Å². The Bertz CT molecular complexity index is 4600. The van der Waals surface area contributed by atoms with Crippen LogP contribution >= 0.6 is 0 Å². The van der Waals surface area contributed by atoms with Gasteiger partial charge in [-0.25, -0.2) is 4.79 Å². The number of carboxylic acid groups (broad SMARTS) is 4. The molecule has 0 unspecified atom stereocenters. The molecule has 16 atom stereocenters. The maximum absolute atomic E-state index is 15.0. The number of nitrogens with two attached hydrogens (primary N) is 3. The topological polar surface area (TPSA) is 807 Å². The lowest BCUT2D eigenvalue weighted by Crippen LogP contribution is -2.61. The van der Waals surface area contributed by atoms with Crippen molar-refractivity contribution in [1.29, 1.82) is 5.41 Å². The molecule has 0 heterocycles. The number of hydrogen-bond acceptors (Lipinski definition) is 26. The first-order chi connectivity index (χ1) is 61.8. The van der Waals surface area contributed by atoms with E-state index in [2.05, 4.69) is 90.4 Å². The van der Waals surface area contributed by atoms with E-state index in [0.29, 0.717) is 6.42 Å². The number of primary amides is 1. The molecule has 0 aliphatic rings. The van der Waals surface area contributed by atoms with E-state index in [1.54, 1.807) is 27.7 Å². The van der Waals surface area contributed by atoms with Crippen LogP contribution in [0, 0.1) is 23.2 Å². The van der Waals surface area contributed by atoms with Gasteiger partial charge in [0.25, 0.3) is 0 Å². The average Bonchev–Trinajstić information content (AvgIpc) is 0.841. The molecule has 0 saturated heterocycles. The van der Waals surface area contributed by atoms with Crippen molar-refractivity contribution in [2.24, 2.45) is 35.0 Å². The zero-order valence-electron chi connectivity index (χ0n) is 74.4. The Morgan fingerprint density at radius 2 is 0.689 bits per heavy atom. The molecule has 0 radical (unpaired) electrons. The summed E-state index contributed by atoms with van der Waals surface area (Å²) in [5.74, 6) is -27.2. The van der Waals surface area contributed by atoms with Crippen molar-refractivity contribution in [3.8, 4) is 17.2 Å². The van der Waals surface area contributed by atoms with Gasteiger partial charge in [-0.1, -0.05) is 84.4 Å². The van der Waals surface area contributed by atoms with E-state index in [4.69, 9.17) is 27.7 Å². The van der Waals surface area contributed by atoms with Crippen LogP contribution in [0.5, 0.6) is 17.2 Å². The number of carbonyl (C=O) groups excluding carboxylic acids is 17. The molecule has 49 nitrogen and oxygen atoms in total. The first kappa shape index (κ1) is 111. The SMILES string of the molecule is CC[C@H](C)[C@H](NC(=O)[C@H](CCCNC(=N)N)NC(=O)[C@@H](N)CCC(=O)O)C(=O)N[C@@H](C)C(=O)N[C@@H](C)C(=O)N[C@@H](C)C(=O)NCC(=O)N[C@@H](C)C(=O)N[C@@H](CC(=O)O)C(=O)N[C@@H](Cc1ccc(O)cc1)C(=O)N[C@@H](Cc1ccc(O)cc1)C(=O)N[C@@H](Cc1ccc(O)cc1)C(=O)N[C@@H](CC(N)=O)C(=O)NCC(=O)N[C@@H](CC(C)C)C(=O)N[C@@H](CC(=O)O)C(=O)N[C@H](C(=O)O)C(C)C. The van der Waals surface area contributed by atoms with Crippen LogP contribution in [-0.4, -0.2) is 276 Å². The zero-order valence-corrected chi connectivity index (χ0v) is 74.4. The lowest BCUT2D eigenvalue weighted by Gasteiger charge is -2.28. The number of benzene rings is 3.